The first-order chi connectivity index (χ1) is 14.7. The van der Waals surface area contributed by atoms with E-state index in [1.165, 1.54) is 11.3 Å². The summed E-state index contributed by atoms with van der Waals surface area (Å²) in [5.74, 6) is -0.879. The highest BCUT2D eigenvalue weighted by atomic mass is 32.1. The molecule has 7 heteroatoms. The molecular formula is C24H22N2O4S. The molecule has 0 fully saturated rings. The molecule has 6 nitrogen and oxygen atoms in total. The number of benzene rings is 1. The highest BCUT2D eigenvalue weighted by molar-refractivity contribution is 7.13. The van der Waals surface area contributed by atoms with Crippen molar-refractivity contribution in [2.75, 3.05) is 6.61 Å². The standard InChI is InChI=1S/C24H22N2O4S/c1-14-21-17(12-18(20-6-5-11-31-20)25-22(21)30-26-14)23(28)29-13-19(27)15-7-9-16(10-8-15)24(2,3)4/h5-12H,13H2,1-4H3. The number of fused-ring (bicyclic) bond motifs is 1. The number of hydrogen-bond acceptors (Lipinski definition) is 7. The minimum Gasteiger partial charge on any atom is -0.454 e. The summed E-state index contributed by atoms with van der Waals surface area (Å²) in [5, 5.41) is 6.34. The van der Waals surface area contributed by atoms with Gasteiger partial charge in [-0.1, -0.05) is 56.3 Å². The maximum absolute atomic E-state index is 12.9. The van der Waals surface area contributed by atoms with E-state index in [9.17, 15) is 9.59 Å². The molecule has 3 aromatic heterocycles. The predicted molar refractivity (Wildman–Crippen MR) is 120 cm³/mol. The molecule has 0 radical (unpaired) electrons. The Morgan fingerprint density at radius 3 is 2.52 bits per heavy atom. The van der Waals surface area contributed by atoms with E-state index in [1.807, 2.05) is 29.6 Å². The molecule has 158 valence electrons. The van der Waals surface area contributed by atoms with Crippen LogP contribution >= 0.6 is 11.3 Å². The second-order valence-electron chi connectivity index (χ2n) is 8.31. The van der Waals surface area contributed by atoms with E-state index in [-0.39, 0.29) is 29.1 Å². The van der Waals surface area contributed by atoms with Crippen LogP contribution in [0.3, 0.4) is 0 Å². The topological polar surface area (TPSA) is 82.3 Å². The van der Waals surface area contributed by atoms with Crippen molar-refractivity contribution in [3.8, 4) is 10.6 Å². The van der Waals surface area contributed by atoms with Gasteiger partial charge in [0.2, 0.25) is 0 Å². The minimum absolute atomic E-state index is 0.00246. The SMILES string of the molecule is Cc1noc2nc(-c3cccs3)cc(C(=O)OCC(=O)c3ccc(C(C)(C)C)cc3)c12. The molecule has 0 unspecified atom stereocenters. The summed E-state index contributed by atoms with van der Waals surface area (Å²) in [6.07, 6.45) is 0. The van der Waals surface area contributed by atoms with Crippen molar-refractivity contribution < 1.29 is 18.8 Å². The van der Waals surface area contributed by atoms with Crippen molar-refractivity contribution in [1.82, 2.24) is 10.1 Å². The number of aromatic nitrogens is 2. The van der Waals surface area contributed by atoms with Crippen LogP contribution in [0.5, 0.6) is 0 Å². The Balaban J connectivity index is 1.56. The smallest absolute Gasteiger partial charge is 0.339 e. The second-order valence-corrected chi connectivity index (χ2v) is 9.25. The monoisotopic (exact) mass is 434 g/mol. The van der Waals surface area contributed by atoms with E-state index in [0.29, 0.717) is 22.3 Å². The molecule has 0 bridgehead atoms. The molecule has 0 atom stereocenters. The molecule has 0 saturated heterocycles. The van der Waals surface area contributed by atoms with Crippen molar-refractivity contribution in [2.24, 2.45) is 0 Å². The van der Waals surface area contributed by atoms with Gasteiger partial charge >= 0.3 is 5.97 Å². The lowest BCUT2D eigenvalue weighted by atomic mass is 9.86. The van der Waals surface area contributed by atoms with E-state index >= 15 is 0 Å². The van der Waals surface area contributed by atoms with Crippen molar-refractivity contribution in [1.29, 1.82) is 0 Å². The average Bonchev–Trinajstić information content (AvgIpc) is 3.41. The number of ketones is 1. The van der Waals surface area contributed by atoms with E-state index < -0.39 is 5.97 Å². The first-order valence-electron chi connectivity index (χ1n) is 9.86. The number of nitrogens with zero attached hydrogens (tertiary/aromatic N) is 2. The number of Topliss-reactive ketones (excluding diaryl/α,β-unsaturated/α-hetero) is 1. The number of esters is 1. The summed E-state index contributed by atoms with van der Waals surface area (Å²) in [5.41, 5.74) is 3.30. The number of rotatable bonds is 5. The van der Waals surface area contributed by atoms with Gasteiger partial charge in [-0.25, -0.2) is 9.78 Å². The fraction of sp³-hybridized carbons (Fsp3) is 0.250. The van der Waals surface area contributed by atoms with Gasteiger partial charge in [-0.2, -0.15) is 0 Å². The zero-order chi connectivity index (χ0) is 22.2. The van der Waals surface area contributed by atoms with Crippen LogP contribution in [-0.2, 0) is 10.2 Å². The zero-order valence-electron chi connectivity index (χ0n) is 17.8. The highest BCUT2D eigenvalue weighted by Gasteiger charge is 2.22. The Kier molecular flexibility index (Phi) is 5.45. The predicted octanol–water partition coefficient (Wildman–Crippen LogP) is 5.60. The quantitative estimate of drug-likeness (QED) is 0.300. The summed E-state index contributed by atoms with van der Waals surface area (Å²) in [6, 6.07) is 12.8. The third-order valence-corrected chi connectivity index (χ3v) is 5.91. The molecule has 0 amide bonds. The molecule has 3 heterocycles. The van der Waals surface area contributed by atoms with Gasteiger partial charge in [-0.15, -0.1) is 11.3 Å². The molecule has 0 spiro atoms. The summed E-state index contributed by atoms with van der Waals surface area (Å²) >= 11 is 1.50. The summed E-state index contributed by atoms with van der Waals surface area (Å²) in [4.78, 5) is 30.8. The van der Waals surface area contributed by atoms with Crippen LogP contribution in [0.4, 0.5) is 0 Å². The summed E-state index contributed by atoms with van der Waals surface area (Å²) < 4.78 is 10.6. The molecule has 31 heavy (non-hydrogen) atoms. The van der Waals surface area contributed by atoms with Crippen molar-refractivity contribution in [2.45, 2.75) is 33.1 Å². The fourth-order valence-electron chi connectivity index (χ4n) is 3.25. The van der Waals surface area contributed by atoms with Gasteiger partial charge in [0.15, 0.2) is 12.4 Å². The number of aryl methyl sites for hydroxylation is 1. The van der Waals surface area contributed by atoms with E-state index in [4.69, 9.17) is 9.26 Å². The Bertz CT molecular complexity index is 1250. The molecule has 4 rings (SSSR count). The summed E-state index contributed by atoms with van der Waals surface area (Å²) in [7, 11) is 0. The number of pyridine rings is 1. The number of thiophene rings is 1. The van der Waals surface area contributed by atoms with Gasteiger partial charge in [-0.05, 0) is 35.4 Å². The van der Waals surface area contributed by atoms with Gasteiger partial charge in [0.1, 0.15) is 0 Å². The van der Waals surface area contributed by atoms with Gasteiger partial charge in [0.05, 0.1) is 27.2 Å². The number of carbonyl (C=O) groups is 2. The highest BCUT2D eigenvalue weighted by Crippen LogP contribution is 2.30. The summed E-state index contributed by atoms with van der Waals surface area (Å²) in [6.45, 7) is 7.71. The van der Waals surface area contributed by atoms with E-state index in [2.05, 4.69) is 30.9 Å². The largest absolute Gasteiger partial charge is 0.454 e. The molecule has 0 aliphatic heterocycles. The Hall–Kier alpha value is -3.32. The number of hydrogen-bond donors (Lipinski definition) is 0. The lowest BCUT2D eigenvalue weighted by Gasteiger charge is -2.18. The fourth-order valence-corrected chi connectivity index (χ4v) is 3.94. The third kappa shape index (κ3) is 4.27. The molecule has 0 N–H and O–H groups in total. The maximum atomic E-state index is 12.9. The van der Waals surface area contributed by atoms with E-state index in [0.717, 1.165) is 10.4 Å². The first kappa shape index (κ1) is 20.9. The van der Waals surface area contributed by atoms with Gasteiger partial charge in [0.25, 0.3) is 5.71 Å². The average molecular weight is 435 g/mol. The molecule has 0 saturated carbocycles. The minimum atomic E-state index is -0.615. The second kappa shape index (κ2) is 8.07. The van der Waals surface area contributed by atoms with Crippen molar-refractivity contribution in [3.05, 3.63) is 70.2 Å². The van der Waals surface area contributed by atoms with E-state index in [1.54, 1.807) is 25.1 Å². The van der Waals surface area contributed by atoms with Crippen LogP contribution in [-0.4, -0.2) is 28.5 Å². The number of ether oxygens (including phenoxy) is 1. The molecule has 0 aliphatic carbocycles. The lowest BCUT2D eigenvalue weighted by Crippen LogP contribution is -2.16. The Labute approximate surface area is 183 Å². The maximum Gasteiger partial charge on any atom is 0.339 e. The normalized spacial score (nSPS) is 11.6. The molecular weight excluding hydrogens is 412 g/mol. The number of carbonyl (C=O) groups excluding carboxylic acids is 2. The van der Waals surface area contributed by atoms with Crippen LogP contribution in [0, 0.1) is 6.92 Å². The Morgan fingerprint density at radius 1 is 1.13 bits per heavy atom. The molecule has 1 aromatic carbocycles. The van der Waals surface area contributed by atoms with Crippen LogP contribution < -0.4 is 0 Å². The van der Waals surface area contributed by atoms with Gasteiger partial charge in [0, 0.05) is 5.56 Å². The first-order valence-corrected chi connectivity index (χ1v) is 10.7. The zero-order valence-corrected chi connectivity index (χ0v) is 18.6. The Morgan fingerprint density at radius 2 is 1.87 bits per heavy atom. The molecule has 0 aliphatic rings. The van der Waals surface area contributed by atoms with Crippen molar-refractivity contribution in [3.63, 3.8) is 0 Å². The van der Waals surface area contributed by atoms with Crippen molar-refractivity contribution >= 4 is 34.2 Å². The van der Waals surface area contributed by atoms with Gasteiger partial charge < -0.3 is 9.26 Å². The van der Waals surface area contributed by atoms with Crippen LogP contribution in [0.15, 0.2) is 52.4 Å². The van der Waals surface area contributed by atoms with Crippen LogP contribution in [0.2, 0.25) is 0 Å². The van der Waals surface area contributed by atoms with Gasteiger partial charge in [-0.3, -0.25) is 4.79 Å². The third-order valence-electron chi connectivity index (χ3n) is 5.02. The van der Waals surface area contributed by atoms with Crippen LogP contribution in [0.25, 0.3) is 21.7 Å². The molecule has 4 aromatic rings. The van der Waals surface area contributed by atoms with Crippen LogP contribution in [0.1, 0.15) is 52.7 Å². The lowest BCUT2D eigenvalue weighted by molar-refractivity contribution is 0.0476.